The van der Waals surface area contributed by atoms with E-state index in [9.17, 15) is 14.7 Å². The highest BCUT2D eigenvalue weighted by atomic mass is 16.5. The molecule has 1 atom stereocenters. The fourth-order valence-electron chi connectivity index (χ4n) is 4.30. The summed E-state index contributed by atoms with van der Waals surface area (Å²) in [6.45, 7) is 0.521. The topological polar surface area (TPSA) is 80.0 Å². The van der Waals surface area contributed by atoms with Gasteiger partial charge in [0.25, 0.3) is 5.91 Å². The van der Waals surface area contributed by atoms with Gasteiger partial charge >= 0.3 is 0 Å². The van der Waals surface area contributed by atoms with Gasteiger partial charge in [0, 0.05) is 0 Å². The van der Waals surface area contributed by atoms with Crippen LogP contribution in [0.2, 0.25) is 0 Å². The zero-order valence-corrected chi connectivity index (χ0v) is 20.0. The first-order valence-corrected chi connectivity index (χ1v) is 11.9. The van der Waals surface area contributed by atoms with Gasteiger partial charge in [-0.2, -0.15) is 0 Å². The fraction of sp³-hybridized carbons (Fsp3) is 0.0968. The summed E-state index contributed by atoms with van der Waals surface area (Å²) in [7, 11) is 0. The first-order valence-electron chi connectivity index (χ1n) is 11.9. The Morgan fingerprint density at radius 3 is 2.30 bits per heavy atom. The minimum Gasteiger partial charge on any atom is -0.503 e. The number of rotatable bonds is 9. The summed E-state index contributed by atoms with van der Waals surface area (Å²) in [5.74, 6) is -0.418. The average Bonchev–Trinajstić information content (AvgIpc) is 3.54. The summed E-state index contributed by atoms with van der Waals surface area (Å²) in [4.78, 5) is 27.8. The van der Waals surface area contributed by atoms with Gasteiger partial charge in [-0.15, -0.1) is 0 Å². The number of allylic oxidation sites excluding steroid dienone is 1. The third-order valence-electron chi connectivity index (χ3n) is 6.15. The van der Waals surface area contributed by atoms with E-state index in [-0.39, 0.29) is 12.1 Å². The number of furan rings is 1. The molecule has 1 aliphatic rings. The van der Waals surface area contributed by atoms with Crippen LogP contribution in [-0.2, 0) is 22.7 Å². The molecular formula is C31H25NO5. The van der Waals surface area contributed by atoms with Gasteiger partial charge in [-0.3, -0.25) is 9.59 Å². The molecule has 0 bridgehead atoms. The highest BCUT2D eigenvalue weighted by Gasteiger charge is 2.43. The van der Waals surface area contributed by atoms with Crippen LogP contribution in [0, 0.1) is 0 Å². The largest absolute Gasteiger partial charge is 0.503 e. The molecule has 0 aliphatic carbocycles. The number of aliphatic hydroxyl groups is 1. The van der Waals surface area contributed by atoms with E-state index in [0.717, 1.165) is 11.1 Å². The van der Waals surface area contributed by atoms with Crippen LogP contribution < -0.4 is 4.74 Å². The molecular weight excluding hydrogens is 466 g/mol. The summed E-state index contributed by atoms with van der Waals surface area (Å²) >= 11 is 0. The first-order chi connectivity index (χ1) is 18.1. The number of amides is 1. The van der Waals surface area contributed by atoms with Gasteiger partial charge in [0.05, 0.1) is 24.4 Å². The van der Waals surface area contributed by atoms with E-state index in [0.29, 0.717) is 23.7 Å². The zero-order chi connectivity index (χ0) is 25.6. The minimum atomic E-state index is -0.784. The highest BCUT2D eigenvalue weighted by Crippen LogP contribution is 2.39. The molecule has 0 saturated carbocycles. The average molecular weight is 492 g/mol. The Morgan fingerprint density at radius 2 is 1.62 bits per heavy atom. The van der Waals surface area contributed by atoms with Crippen LogP contribution in [0.3, 0.4) is 0 Å². The maximum absolute atomic E-state index is 13.3. The van der Waals surface area contributed by atoms with Crippen molar-refractivity contribution >= 4 is 17.8 Å². The molecule has 0 spiro atoms. The highest BCUT2D eigenvalue weighted by molar-refractivity contribution is 6.14. The molecule has 5 rings (SSSR count). The van der Waals surface area contributed by atoms with Gasteiger partial charge in [0.15, 0.2) is 11.5 Å². The minimum absolute atomic E-state index is 0.0293. The number of ketones is 1. The van der Waals surface area contributed by atoms with Crippen LogP contribution in [0.4, 0.5) is 0 Å². The van der Waals surface area contributed by atoms with Crippen molar-refractivity contribution < 1.29 is 23.8 Å². The summed E-state index contributed by atoms with van der Waals surface area (Å²) in [5.41, 5.74) is 2.59. The lowest BCUT2D eigenvalue weighted by molar-refractivity contribution is -0.130. The van der Waals surface area contributed by atoms with Crippen molar-refractivity contribution in [2.45, 2.75) is 19.2 Å². The molecule has 6 heteroatoms. The van der Waals surface area contributed by atoms with Gasteiger partial charge in [-0.1, -0.05) is 78.9 Å². The number of hydrogen-bond donors (Lipinski definition) is 1. The van der Waals surface area contributed by atoms with Crippen LogP contribution in [-0.4, -0.2) is 21.7 Å². The molecule has 1 unspecified atom stereocenters. The van der Waals surface area contributed by atoms with Gasteiger partial charge < -0.3 is 19.2 Å². The van der Waals surface area contributed by atoms with Crippen molar-refractivity contribution in [3.05, 3.63) is 143 Å². The Morgan fingerprint density at radius 1 is 0.919 bits per heavy atom. The van der Waals surface area contributed by atoms with Crippen molar-refractivity contribution in [1.29, 1.82) is 0 Å². The van der Waals surface area contributed by atoms with Crippen molar-refractivity contribution in [2.24, 2.45) is 0 Å². The molecule has 0 saturated heterocycles. The predicted octanol–water partition coefficient (Wildman–Crippen LogP) is 6.04. The number of nitrogens with zero attached hydrogens (tertiary/aromatic N) is 1. The smallest absolute Gasteiger partial charge is 0.290 e. The first kappa shape index (κ1) is 23.9. The van der Waals surface area contributed by atoms with Crippen LogP contribution in [0.15, 0.2) is 125 Å². The lowest BCUT2D eigenvalue weighted by Crippen LogP contribution is -2.30. The molecule has 1 amide bonds. The molecule has 6 nitrogen and oxygen atoms in total. The standard InChI is InChI=1S/C31H25NO5/c33-27(18-13-22-8-3-1-4-9-22)28-29(32(31(35)30(28)34)20-26-12-7-19-36-26)24-14-16-25(17-15-24)37-21-23-10-5-2-6-11-23/h1-19,29,34H,20-21H2/b18-13+. The number of carbonyl (C=O) groups excluding carboxylic acids is 2. The summed E-state index contributed by atoms with van der Waals surface area (Å²) in [6, 6.07) is 29.1. The number of carbonyl (C=O) groups is 2. The lowest BCUT2D eigenvalue weighted by atomic mass is 9.95. The number of aliphatic hydroxyl groups excluding tert-OH is 1. The molecule has 1 aliphatic heterocycles. The van der Waals surface area contributed by atoms with E-state index < -0.39 is 23.5 Å². The van der Waals surface area contributed by atoms with Crippen LogP contribution in [0.5, 0.6) is 5.75 Å². The molecule has 0 radical (unpaired) electrons. The quantitative estimate of drug-likeness (QED) is 0.289. The van der Waals surface area contributed by atoms with E-state index in [1.807, 2.05) is 60.7 Å². The Bertz CT molecular complexity index is 1420. The van der Waals surface area contributed by atoms with Crippen LogP contribution >= 0.6 is 0 Å². The second-order valence-corrected chi connectivity index (χ2v) is 8.63. The third kappa shape index (κ3) is 5.38. The molecule has 1 N–H and O–H groups in total. The maximum Gasteiger partial charge on any atom is 0.290 e. The Labute approximate surface area is 214 Å². The van der Waals surface area contributed by atoms with Gasteiger partial charge in [-0.25, -0.2) is 0 Å². The van der Waals surface area contributed by atoms with Crippen molar-refractivity contribution in [3.63, 3.8) is 0 Å². The summed E-state index contributed by atoms with van der Waals surface area (Å²) < 4.78 is 11.3. The molecule has 4 aromatic rings. The van der Waals surface area contributed by atoms with Gasteiger partial charge in [0.2, 0.25) is 0 Å². The molecule has 3 aromatic carbocycles. The fourth-order valence-corrected chi connectivity index (χ4v) is 4.30. The molecule has 0 fully saturated rings. The Hall–Kier alpha value is -4.84. The third-order valence-corrected chi connectivity index (χ3v) is 6.15. The molecule has 1 aromatic heterocycles. The summed E-state index contributed by atoms with van der Waals surface area (Å²) in [6.07, 6.45) is 4.57. The maximum atomic E-state index is 13.3. The predicted molar refractivity (Wildman–Crippen MR) is 139 cm³/mol. The molecule has 184 valence electrons. The molecule has 2 heterocycles. The Balaban J connectivity index is 1.43. The number of ether oxygens (including phenoxy) is 1. The van der Waals surface area contributed by atoms with Gasteiger partial charge in [0.1, 0.15) is 18.1 Å². The van der Waals surface area contributed by atoms with E-state index in [1.165, 1.54) is 17.2 Å². The van der Waals surface area contributed by atoms with Crippen LogP contribution in [0.25, 0.3) is 6.08 Å². The second kappa shape index (κ2) is 10.8. The van der Waals surface area contributed by atoms with Crippen molar-refractivity contribution in [3.8, 4) is 5.75 Å². The van der Waals surface area contributed by atoms with E-state index in [1.54, 1.807) is 42.5 Å². The zero-order valence-electron chi connectivity index (χ0n) is 20.0. The van der Waals surface area contributed by atoms with Gasteiger partial charge in [-0.05, 0) is 47.0 Å². The van der Waals surface area contributed by atoms with E-state index in [2.05, 4.69) is 0 Å². The van der Waals surface area contributed by atoms with E-state index >= 15 is 0 Å². The summed E-state index contributed by atoms with van der Waals surface area (Å²) in [5, 5.41) is 10.8. The van der Waals surface area contributed by atoms with Crippen LogP contribution in [0.1, 0.15) is 28.5 Å². The van der Waals surface area contributed by atoms with Crippen molar-refractivity contribution in [1.82, 2.24) is 4.90 Å². The SMILES string of the molecule is O=C(/C=C/c1ccccc1)C1=C(O)C(=O)N(Cc2ccco2)C1c1ccc(OCc2ccccc2)cc1. The normalized spacial score (nSPS) is 15.5. The van der Waals surface area contributed by atoms with Crippen molar-refractivity contribution in [2.75, 3.05) is 0 Å². The number of hydrogen-bond acceptors (Lipinski definition) is 5. The second-order valence-electron chi connectivity index (χ2n) is 8.63. The number of benzene rings is 3. The monoisotopic (exact) mass is 491 g/mol. The van der Waals surface area contributed by atoms with E-state index in [4.69, 9.17) is 9.15 Å². The lowest BCUT2D eigenvalue weighted by Gasteiger charge is -2.26. The molecule has 37 heavy (non-hydrogen) atoms. The Kier molecular flexibility index (Phi) is 6.99.